The quantitative estimate of drug-likeness (QED) is 0.607. The van der Waals surface area contributed by atoms with Crippen LogP contribution in [0.5, 0.6) is 0 Å². The molecule has 0 bridgehead atoms. The Hall–Kier alpha value is -1.38. The van der Waals surface area contributed by atoms with Crippen molar-refractivity contribution in [2.24, 2.45) is 7.05 Å². The number of rotatable bonds is 2. The van der Waals surface area contributed by atoms with E-state index in [9.17, 15) is 9.59 Å². The van der Waals surface area contributed by atoms with Crippen LogP contribution in [-0.4, -0.2) is 10.9 Å². The van der Waals surface area contributed by atoms with Gasteiger partial charge in [0.1, 0.15) is 0 Å². The third-order valence-corrected chi connectivity index (χ3v) is 1.92. The van der Waals surface area contributed by atoms with E-state index in [0.29, 0.717) is 18.4 Å². The van der Waals surface area contributed by atoms with Crippen LogP contribution in [-0.2, 0) is 13.5 Å². The van der Waals surface area contributed by atoms with E-state index in [1.807, 2.05) is 6.92 Å². The molecule has 1 aromatic heterocycles. The highest BCUT2D eigenvalue weighted by atomic mass is 16.1. The second kappa shape index (κ2) is 3.34. The number of aryl methyl sites for hydroxylation is 1. The van der Waals surface area contributed by atoms with Crippen molar-refractivity contribution in [3.63, 3.8) is 0 Å². The van der Waals surface area contributed by atoms with Gasteiger partial charge in [0, 0.05) is 12.6 Å². The Balaban J connectivity index is 3.40. The fourth-order valence-electron chi connectivity index (χ4n) is 1.09. The zero-order chi connectivity index (χ0) is 9.14. The first-order valence-electron chi connectivity index (χ1n) is 3.84. The summed E-state index contributed by atoms with van der Waals surface area (Å²) in [4.78, 5) is 21.8. The Bertz CT molecular complexity index is 352. The first-order valence-corrected chi connectivity index (χ1v) is 3.84. The van der Waals surface area contributed by atoms with Crippen LogP contribution >= 0.6 is 0 Å². The van der Waals surface area contributed by atoms with E-state index in [4.69, 9.17) is 0 Å². The van der Waals surface area contributed by atoms with E-state index < -0.39 is 0 Å². The smallest absolute Gasteiger partial charge is 0.254 e. The number of hydrogen-bond donors (Lipinski definition) is 0. The maximum atomic E-state index is 11.4. The van der Waals surface area contributed by atoms with E-state index in [1.165, 1.54) is 4.57 Å². The van der Waals surface area contributed by atoms with Crippen LogP contribution in [0.25, 0.3) is 0 Å². The zero-order valence-electron chi connectivity index (χ0n) is 7.20. The molecular weight excluding hydrogens is 154 g/mol. The van der Waals surface area contributed by atoms with Gasteiger partial charge in [0.05, 0.1) is 5.69 Å². The molecule has 0 radical (unpaired) electrons. The molecule has 12 heavy (non-hydrogen) atoms. The van der Waals surface area contributed by atoms with E-state index in [-0.39, 0.29) is 5.56 Å². The number of carbonyl (C=O) groups excluding carboxylic acids is 1. The molecule has 0 unspecified atom stereocenters. The molecule has 0 saturated carbocycles. The van der Waals surface area contributed by atoms with Crippen molar-refractivity contribution in [2.75, 3.05) is 0 Å². The van der Waals surface area contributed by atoms with Crippen molar-refractivity contribution < 1.29 is 4.79 Å². The lowest BCUT2D eigenvalue weighted by molar-refractivity contribution is 0.111. The highest BCUT2D eigenvalue weighted by Gasteiger charge is 2.01. The van der Waals surface area contributed by atoms with Crippen LogP contribution in [0.1, 0.15) is 23.0 Å². The third-order valence-electron chi connectivity index (χ3n) is 1.92. The lowest BCUT2D eigenvalue weighted by Crippen LogP contribution is -2.23. The lowest BCUT2D eigenvalue weighted by atomic mass is 10.2. The molecule has 0 spiro atoms. The molecule has 0 aromatic carbocycles. The van der Waals surface area contributed by atoms with Gasteiger partial charge >= 0.3 is 0 Å². The first-order chi connectivity index (χ1) is 5.70. The number of hydrogen-bond acceptors (Lipinski definition) is 2. The van der Waals surface area contributed by atoms with Crippen LogP contribution in [0.2, 0.25) is 0 Å². The molecule has 3 nitrogen and oxygen atoms in total. The summed E-state index contributed by atoms with van der Waals surface area (Å²) >= 11 is 0. The summed E-state index contributed by atoms with van der Waals surface area (Å²) in [7, 11) is 1.60. The summed E-state index contributed by atoms with van der Waals surface area (Å²) in [6, 6.07) is 3.36. The van der Waals surface area contributed by atoms with Crippen LogP contribution < -0.4 is 5.56 Å². The van der Waals surface area contributed by atoms with Crippen LogP contribution in [0.4, 0.5) is 0 Å². The average Bonchev–Trinajstić information content (AvgIpc) is 2.10. The summed E-state index contributed by atoms with van der Waals surface area (Å²) in [5, 5.41) is 0. The first kappa shape index (κ1) is 8.71. The SMILES string of the molecule is CCc1ccc(C=O)n(C)c1=O. The molecule has 0 aliphatic rings. The Morgan fingerprint density at radius 2 is 2.17 bits per heavy atom. The Morgan fingerprint density at radius 3 is 2.67 bits per heavy atom. The van der Waals surface area contributed by atoms with Crippen molar-refractivity contribution in [2.45, 2.75) is 13.3 Å². The highest BCUT2D eigenvalue weighted by Crippen LogP contribution is 1.95. The van der Waals surface area contributed by atoms with Crippen molar-refractivity contribution in [3.8, 4) is 0 Å². The number of aldehydes is 1. The number of pyridine rings is 1. The molecule has 0 atom stereocenters. The fraction of sp³-hybridized carbons (Fsp3) is 0.333. The number of aromatic nitrogens is 1. The topological polar surface area (TPSA) is 39.1 Å². The molecule has 1 aromatic rings. The second-order valence-electron chi connectivity index (χ2n) is 2.62. The molecule has 0 amide bonds. The minimum Gasteiger partial charge on any atom is -0.309 e. The Morgan fingerprint density at radius 1 is 1.50 bits per heavy atom. The summed E-state index contributed by atoms with van der Waals surface area (Å²) in [5.74, 6) is 0. The summed E-state index contributed by atoms with van der Waals surface area (Å²) in [5.41, 5.74) is 1.07. The number of nitrogens with zero attached hydrogens (tertiary/aromatic N) is 1. The molecular formula is C9H11NO2. The van der Waals surface area contributed by atoms with E-state index >= 15 is 0 Å². The van der Waals surface area contributed by atoms with Crippen molar-refractivity contribution in [1.82, 2.24) is 4.57 Å². The van der Waals surface area contributed by atoms with Crippen LogP contribution in [0, 0.1) is 0 Å². The van der Waals surface area contributed by atoms with Crippen molar-refractivity contribution >= 4 is 6.29 Å². The largest absolute Gasteiger partial charge is 0.309 e. The molecule has 1 heterocycles. The number of carbonyl (C=O) groups is 1. The maximum absolute atomic E-state index is 11.4. The molecule has 0 N–H and O–H groups in total. The van der Waals surface area contributed by atoms with Gasteiger partial charge in [-0.3, -0.25) is 9.59 Å². The maximum Gasteiger partial charge on any atom is 0.254 e. The molecule has 0 fully saturated rings. The van der Waals surface area contributed by atoms with Gasteiger partial charge in [-0.25, -0.2) is 0 Å². The molecule has 0 aliphatic heterocycles. The van der Waals surface area contributed by atoms with Gasteiger partial charge in [-0.1, -0.05) is 13.0 Å². The van der Waals surface area contributed by atoms with E-state index in [0.717, 1.165) is 5.56 Å². The predicted molar refractivity (Wildman–Crippen MR) is 46.4 cm³/mol. The lowest BCUT2D eigenvalue weighted by Gasteiger charge is -2.03. The fourth-order valence-corrected chi connectivity index (χ4v) is 1.09. The Labute approximate surface area is 70.6 Å². The van der Waals surface area contributed by atoms with Gasteiger partial charge in [0.25, 0.3) is 5.56 Å². The molecule has 0 saturated heterocycles. The van der Waals surface area contributed by atoms with Gasteiger partial charge in [-0.15, -0.1) is 0 Å². The predicted octanol–water partition coefficient (Wildman–Crippen LogP) is 0.760. The van der Waals surface area contributed by atoms with Gasteiger partial charge in [0.15, 0.2) is 6.29 Å². The summed E-state index contributed by atoms with van der Waals surface area (Å²) in [6.07, 6.45) is 1.38. The second-order valence-corrected chi connectivity index (χ2v) is 2.62. The average molecular weight is 165 g/mol. The van der Waals surface area contributed by atoms with Crippen LogP contribution in [0.3, 0.4) is 0 Å². The minimum absolute atomic E-state index is 0.0814. The van der Waals surface area contributed by atoms with Gasteiger partial charge in [0.2, 0.25) is 0 Å². The minimum atomic E-state index is -0.0814. The zero-order valence-corrected chi connectivity index (χ0v) is 7.20. The van der Waals surface area contributed by atoms with Gasteiger partial charge in [-0.2, -0.15) is 0 Å². The highest BCUT2D eigenvalue weighted by molar-refractivity contribution is 5.71. The van der Waals surface area contributed by atoms with Gasteiger partial charge < -0.3 is 4.57 Å². The summed E-state index contributed by atoms with van der Waals surface area (Å²) < 4.78 is 1.37. The van der Waals surface area contributed by atoms with E-state index in [2.05, 4.69) is 0 Å². The molecule has 3 heteroatoms. The van der Waals surface area contributed by atoms with Gasteiger partial charge in [-0.05, 0) is 12.5 Å². The van der Waals surface area contributed by atoms with Crippen LogP contribution in [0.15, 0.2) is 16.9 Å². The monoisotopic (exact) mass is 165 g/mol. The molecule has 1 rings (SSSR count). The van der Waals surface area contributed by atoms with Crippen molar-refractivity contribution in [1.29, 1.82) is 0 Å². The molecule has 0 aliphatic carbocycles. The van der Waals surface area contributed by atoms with E-state index in [1.54, 1.807) is 19.2 Å². The Kier molecular flexibility index (Phi) is 2.43. The third kappa shape index (κ3) is 1.30. The van der Waals surface area contributed by atoms with Crippen molar-refractivity contribution in [3.05, 3.63) is 33.7 Å². The normalized spacial score (nSPS) is 9.83. The summed E-state index contributed by atoms with van der Waals surface area (Å²) in [6.45, 7) is 1.91. The standard InChI is InChI=1S/C9H11NO2/c1-3-7-4-5-8(6-11)10(2)9(7)12/h4-6H,3H2,1-2H3. The molecule has 64 valence electrons.